The van der Waals surface area contributed by atoms with E-state index in [1.54, 1.807) is 0 Å². The molecule has 0 aromatic rings. The third-order valence-electron chi connectivity index (χ3n) is 1.53. The lowest BCUT2D eigenvalue weighted by Gasteiger charge is -1.99. The van der Waals surface area contributed by atoms with E-state index in [0.717, 1.165) is 13.2 Å². The Kier molecular flexibility index (Phi) is 16.7. The second kappa shape index (κ2) is 13.2. The van der Waals surface area contributed by atoms with Gasteiger partial charge in [0.05, 0.1) is 0 Å². The molecule has 0 unspecified atom stereocenters. The molecule has 0 rings (SSSR count). The average molecular weight is 262 g/mol. The Morgan fingerprint density at radius 3 is 1.59 bits per heavy atom. The van der Waals surface area contributed by atoms with Crippen LogP contribution in [0.2, 0.25) is 0 Å². The van der Waals surface area contributed by atoms with Crippen molar-refractivity contribution in [3.63, 3.8) is 0 Å². The van der Waals surface area contributed by atoms with Gasteiger partial charge in [0, 0.05) is 13.2 Å². The Bertz CT molecular complexity index is 165. The van der Waals surface area contributed by atoms with Crippen molar-refractivity contribution in [2.45, 2.75) is 45.7 Å². The van der Waals surface area contributed by atoms with Crippen LogP contribution in [-0.4, -0.2) is 35.9 Å². The molecule has 0 aliphatic carbocycles. The van der Waals surface area contributed by atoms with Crippen molar-refractivity contribution in [1.29, 1.82) is 0 Å². The summed E-state index contributed by atoms with van der Waals surface area (Å²) in [6.45, 7) is 6.28. The highest BCUT2D eigenvalue weighted by atomic mass is 19.4. The van der Waals surface area contributed by atoms with E-state index in [9.17, 15) is 13.2 Å². The van der Waals surface area contributed by atoms with Gasteiger partial charge in [0.25, 0.3) is 0 Å². The fourth-order valence-electron chi connectivity index (χ4n) is 0.595. The number of hydrogen-bond donors (Lipinski definition) is 1. The Hall–Kier alpha value is -0.820. The summed E-state index contributed by atoms with van der Waals surface area (Å²) >= 11 is 0. The molecule has 0 atom stereocenters. The van der Waals surface area contributed by atoms with E-state index in [1.165, 1.54) is 25.7 Å². The molecule has 0 saturated heterocycles. The summed E-state index contributed by atoms with van der Waals surface area (Å²) in [5.41, 5.74) is 0. The molecule has 0 aliphatic heterocycles. The van der Waals surface area contributed by atoms with Crippen molar-refractivity contribution >= 4 is 5.97 Å². The third kappa shape index (κ3) is 21.1. The SMILES string of the molecule is CCCCOCCCC.O.O=C(O)C(F)(F)F. The van der Waals surface area contributed by atoms with Gasteiger partial charge >= 0.3 is 12.1 Å². The zero-order valence-electron chi connectivity index (χ0n) is 10.1. The molecule has 0 aliphatic rings. The molecule has 0 aromatic heterocycles. The normalized spacial score (nSPS) is 9.94. The van der Waals surface area contributed by atoms with Crippen LogP contribution in [-0.2, 0) is 9.53 Å². The minimum atomic E-state index is -5.08. The summed E-state index contributed by atoms with van der Waals surface area (Å²) in [7, 11) is 0. The molecule has 0 aromatic carbocycles. The molecule has 0 bridgehead atoms. The maximum absolute atomic E-state index is 10.6. The molecule has 0 fully saturated rings. The van der Waals surface area contributed by atoms with E-state index in [-0.39, 0.29) is 5.48 Å². The van der Waals surface area contributed by atoms with Crippen LogP contribution in [0.3, 0.4) is 0 Å². The highest BCUT2D eigenvalue weighted by Crippen LogP contribution is 2.13. The minimum absolute atomic E-state index is 0. The molecule has 0 heterocycles. The molecular formula is C10H21F3O4. The van der Waals surface area contributed by atoms with E-state index in [2.05, 4.69) is 13.8 Å². The molecule has 0 spiro atoms. The monoisotopic (exact) mass is 262 g/mol. The number of ether oxygens (including phenoxy) is 1. The fraction of sp³-hybridized carbons (Fsp3) is 0.900. The van der Waals surface area contributed by atoms with Crippen LogP contribution in [0.5, 0.6) is 0 Å². The maximum Gasteiger partial charge on any atom is 0.490 e. The molecule has 106 valence electrons. The number of rotatable bonds is 6. The van der Waals surface area contributed by atoms with E-state index >= 15 is 0 Å². The first kappa shape index (κ1) is 21.5. The second-order valence-electron chi connectivity index (χ2n) is 3.12. The van der Waals surface area contributed by atoms with Crippen LogP contribution in [0.25, 0.3) is 0 Å². The lowest BCUT2D eigenvalue weighted by atomic mass is 10.3. The van der Waals surface area contributed by atoms with Gasteiger partial charge in [-0.1, -0.05) is 26.7 Å². The molecule has 4 nitrogen and oxygen atoms in total. The first-order chi connectivity index (χ1) is 7.36. The molecule has 0 radical (unpaired) electrons. The molecular weight excluding hydrogens is 241 g/mol. The largest absolute Gasteiger partial charge is 0.490 e. The number of aliphatic carboxylic acids is 1. The summed E-state index contributed by atoms with van der Waals surface area (Å²) in [6, 6.07) is 0. The summed E-state index contributed by atoms with van der Waals surface area (Å²) < 4.78 is 37.1. The fourth-order valence-corrected chi connectivity index (χ4v) is 0.595. The smallest absolute Gasteiger partial charge is 0.475 e. The van der Waals surface area contributed by atoms with Crippen LogP contribution >= 0.6 is 0 Å². The summed E-state index contributed by atoms with van der Waals surface area (Å²) in [6.07, 6.45) is -0.175. The maximum atomic E-state index is 10.6. The lowest BCUT2D eigenvalue weighted by Crippen LogP contribution is -2.21. The van der Waals surface area contributed by atoms with Crippen molar-refractivity contribution < 1.29 is 33.3 Å². The van der Waals surface area contributed by atoms with E-state index in [0.29, 0.717) is 0 Å². The number of unbranched alkanes of at least 4 members (excludes halogenated alkanes) is 2. The number of hydrogen-bond acceptors (Lipinski definition) is 2. The van der Waals surface area contributed by atoms with Gasteiger partial charge in [-0.25, -0.2) is 4.79 Å². The highest BCUT2D eigenvalue weighted by molar-refractivity contribution is 5.73. The number of halogens is 3. The van der Waals surface area contributed by atoms with Gasteiger partial charge in [-0.05, 0) is 12.8 Å². The second-order valence-corrected chi connectivity index (χ2v) is 3.12. The average Bonchev–Trinajstić information content (AvgIpc) is 2.17. The van der Waals surface area contributed by atoms with Crippen molar-refractivity contribution in [2.75, 3.05) is 13.2 Å². The Labute approximate surface area is 99.1 Å². The first-order valence-corrected chi connectivity index (χ1v) is 5.24. The number of carboxylic acids is 1. The van der Waals surface area contributed by atoms with Crippen molar-refractivity contribution in [1.82, 2.24) is 0 Å². The number of carboxylic acid groups (broad SMARTS) is 1. The summed E-state index contributed by atoms with van der Waals surface area (Å²) in [5.74, 6) is -2.76. The zero-order valence-corrected chi connectivity index (χ0v) is 10.1. The first-order valence-electron chi connectivity index (χ1n) is 5.24. The van der Waals surface area contributed by atoms with Crippen LogP contribution in [0.4, 0.5) is 13.2 Å². The summed E-state index contributed by atoms with van der Waals surface area (Å²) in [5, 5.41) is 7.12. The number of alkyl halides is 3. The molecule has 0 saturated carbocycles. The predicted octanol–water partition coefficient (Wildman–Crippen LogP) is 2.41. The Balaban J connectivity index is -0.000000224. The van der Waals surface area contributed by atoms with Gasteiger partial charge in [-0.2, -0.15) is 13.2 Å². The molecule has 17 heavy (non-hydrogen) atoms. The molecule has 0 amide bonds. The van der Waals surface area contributed by atoms with E-state index in [1.807, 2.05) is 0 Å². The van der Waals surface area contributed by atoms with E-state index in [4.69, 9.17) is 14.6 Å². The van der Waals surface area contributed by atoms with Crippen molar-refractivity contribution in [2.24, 2.45) is 0 Å². The van der Waals surface area contributed by atoms with Gasteiger partial charge in [-0.3, -0.25) is 0 Å². The van der Waals surface area contributed by atoms with Crippen molar-refractivity contribution in [3.8, 4) is 0 Å². The minimum Gasteiger partial charge on any atom is -0.475 e. The molecule has 3 N–H and O–H groups in total. The van der Waals surface area contributed by atoms with Gasteiger partial charge in [-0.15, -0.1) is 0 Å². The summed E-state index contributed by atoms with van der Waals surface area (Å²) in [4.78, 5) is 8.90. The van der Waals surface area contributed by atoms with Gasteiger partial charge < -0.3 is 15.3 Å². The van der Waals surface area contributed by atoms with Crippen molar-refractivity contribution in [3.05, 3.63) is 0 Å². The van der Waals surface area contributed by atoms with Gasteiger partial charge in [0.2, 0.25) is 0 Å². The molecule has 7 heteroatoms. The van der Waals surface area contributed by atoms with Gasteiger partial charge in [0.15, 0.2) is 0 Å². The Morgan fingerprint density at radius 1 is 1.12 bits per heavy atom. The quantitative estimate of drug-likeness (QED) is 0.746. The Morgan fingerprint density at radius 2 is 1.41 bits per heavy atom. The van der Waals surface area contributed by atoms with Gasteiger partial charge in [0.1, 0.15) is 0 Å². The van der Waals surface area contributed by atoms with Crippen LogP contribution in [0, 0.1) is 0 Å². The highest BCUT2D eigenvalue weighted by Gasteiger charge is 2.38. The zero-order chi connectivity index (χ0) is 13.0. The topological polar surface area (TPSA) is 78.0 Å². The van der Waals surface area contributed by atoms with E-state index < -0.39 is 12.1 Å². The lowest BCUT2D eigenvalue weighted by molar-refractivity contribution is -0.192. The third-order valence-corrected chi connectivity index (χ3v) is 1.53. The number of carbonyl (C=O) groups is 1. The van der Waals surface area contributed by atoms with Crippen LogP contribution < -0.4 is 0 Å². The van der Waals surface area contributed by atoms with Crippen LogP contribution in [0.1, 0.15) is 39.5 Å². The standard InChI is InChI=1S/C8H18O.C2HF3O2.H2O/c1-3-5-7-9-8-6-4-2;3-2(4,5)1(6)7;/h3-8H2,1-2H3;(H,6,7);1H2. The van der Waals surface area contributed by atoms with Crippen LogP contribution in [0.15, 0.2) is 0 Å². The predicted molar refractivity (Wildman–Crippen MR) is 57.9 cm³/mol.